The second-order valence-electron chi connectivity index (χ2n) is 4.85. The largest absolute Gasteiger partial charge is 0.495 e. The van der Waals surface area contributed by atoms with Crippen molar-refractivity contribution in [2.75, 3.05) is 17.7 Å². The Bertz CT molecular complexity index is 813. The van der Waals surface area contributed by atoms with Crippen molar-refractivity contribution in [1.82, 2.24) is 10.2 Å². The number of methoxy groups -OCH3 is 1. The molecule has 1 aromatic carbocycles. The first-order chi connectivity index (χ1) is 12.2. The monoisotopic (exact) mass is 408 g/mol. The zero-order valence-corrected chi connectivity index (χ0v) is 14.8. The molecule has 7 nitrogen and oxygen atoms in total. The second kappa shape index (κ2) is 8.32. The highest BCUT2D eigenvalue weighted by molar-refractivity contribution is 7.15. The number of nitrogens with zero attached hydrogens (tertiary/aromatic N) is 2. The number of amides is 2. The van der Waals surface area contributed by atoms with E-state index in [1.54, 1.807) is 12.1 Å². The van der Waals surface area contributed by atoms with E-state index in [0.717, 1.165) is 0 Å². The molecule has 2 amide bonds. The number of hydrogen-bond donors (Lipinski definition) is 2. The Morgan fingerprint density at radius 3 is 2.42 bits per heavy atom. The lowest BCUT2D eigenvalue weighted by molar-refractivity contribution is -0.138. The number of carbonyl (C=O) groups is 2. The predicted molar refractivity (Wildman–Crippen MR) is 89.4 cm³/mol. The fourth-order valence-electron chi connectivity index (χ4n) is 1.79. The maximum atomic E-state index is 12.4. The Hall–Kier alpha value is -2.40. The topological polar surface area (TPSA) is 93.2 Å². The Morgan fingerprint density at radius 1 is 1.19 bits per heavy atom. The van der Waals surface area contributed by atoms with Crippen LogP contribution in [0.15, 0.2) is 18.2 Å². The van der Waals surface area contributed by atoms with E-state index in [0.29, 0.717) is 16.5 Å². The highest BCUT2D eigenvalue weighted by Gasteiger charge is 2.35. The maximum absolute atomic E-state index is 12.4. The van der Waals surface area contributed by atoms with Crippen molar-refractivity contribution in [3.8, 4) is 5.75 Å². The SMILES string of the molecule is COc1ccc(Cl)cc1NC(=O)CCC(=O)Nc1nnc(C(F)(F)F)s1. The predicted octanol–water partition coefficient (Wildman–Crippen LogP) is 3.58. The Balaban J connectivity index is 1.86. The molecule has 0 fully saturated rings. The van der Waals surface area contributed by atoms with Gasteiger partial charge in [-0.15, -0.1) is 10.2 Å². The molecule has 0 spiro atoms. The van der Waals surface area contributed by atoms with Crippen LogP contribution in [-0.4, -0.2) is 29.1 Å². The fraction of sp³-hybridized carbons (Fsp3) is 0.286. The Kier molecular flexibility index (Phi) is 6.37. The van der Waals surface area contributed by atoms with E-state index >= 15 is 0 Å². The first-order valence-electron chi connectivity index (χ1n) is 7.03. The van der Waals surface area contributed by atoms with Gasteiger partial charge in [-0.05, 0) is 18.2 Å². The van der Waals surface area contributed by atoms with Gasteiger partial charge in [0.05, 0.1) is 12.8 Å². The normalized spacial score (nSPS) is 11.1. The summed E-state index contributed by atoms with van der Waals surface area (Å²) in [6.07, 6.45) is -5.08. The van der Waals surface area contributed by atoms with Gasteiger partial charge in [0, 0.05) is 17.9 Å². The summed E-state index contributed by atoms with van der Waals surface area (Å²) in [5, 5.41) is 9.81. The number of alkyl halides is 3. The zero-order valence-electron chi connectivity index (χ0n) is 13.2. The Morgan fingerprint density at radius 2 is 1.85 bits per heavy atom. The summed E-state index contributed by atoms with van der Waals surface area (Å²) in [4.78, 5) is 23.6. The van der Waals surface area contributed by atoms with Crippen LogP contribution in [0.25, 0.3) is 0 Å². The highest BCUT2D eigenvalue weighted by Crippen LogP contribution is 2.33. The molecule has 26 heavy (non-hydrogen) atoms. The summed E-state index contributed by atoms with van der Waals surface area (Å²) in [5.74, 6) is -0.766. The molecule has 0 aliphatic carbocycles. The minimum absolute atomic E-state index is 0.201. The van der Waals surface area contributed by atoms with Gasteiger partial charge in [0.15, 0.2) is 0 Å². The number of ether oxygens (including phenoxy) is 1. The maximum Gasteiger partial charge on any atom is 0.445 e. The number of nitrogens with one attached hydrogen (secondary N) is 2. The van der Waals surface area contributed by atoms with Gasteiger partial charge in [0.25, 0.3) is 0 Å². The number of anilines is 2. The van der Waals surface area contributed by atoms with Crippen molar-refractivity contribution in [2.24, 2.45) is 0 Å². The summed E-state index contributed by atoms with van der Waals surface area (Å²) in [6, 6.07) is 4.64. The molecule has 1 aromatic heterocycles. The lowest BCUT2D eigenvalue weighted by atomic mass is 10.2. The van der Waals surface area contributed by atoms with Crippen molar-refractivity contribution in [3.05, 3.63) is 28.2 Å². The smallest absolute Gasteiger partial charge is 0.445 e. The summed E-state index contributed by atoms with van der Waals surface area (Å²) < 4.78 is 42.3. The van der Waals surface area contributed by atoms with Gasteiger partial charge in [-0.1, -0.05) is 22.9 Å². The van der Waals surface area contributed by atoms with E-state index < -0.39 is 23.0 Å². The minimum Gasteiger partial charge on any atom is -0.495 e. The number of benzene rings is 1. The first kappa shape index (κ1) is 19.9. The third-order valence-electron chi connectivity index (χ3n) is 2.93. The number of hydrogen-bond acceptors (Lipinski definition) is 6. The molecule has 0 atom stereocenters. The summed E-state index contributed by atoms with van der Waals surface area (Å²) in [6.45, 7) is 0. The van der Waals surface area contributed by atoms with Crippen LogP contribution in [0, 0.1) is 0 Å². The van der Waals surface area contributed by atoms with Crippen molar-refractivity contribution in [2.45, 2.75) is 19.0 Å². The lowest BCUT2D eigenvalue weighted by Gasteiger charge is -2.10. The van der Waals surface area contributed by atoms with Crippen LogP contribution in [0.1, 0.15) is 17.8 Å². The van der Waals surface area contributed by atoms with Gasteiger partial charge < -0.3 is 15.4 Å². The molecule has 2 rings (SSSR count). The summed E-state index contributed by atoms with van der Waals surface area (Å²) >= 11 is 6.05. The molecule has 2 N–H and O–H groups in total. The molecule has 12 heteroatoms. The van der Waals surface area contributed by atoms with Gasteiger partial charge in [-0.25, -0.2) is 0 Å². The minimum atomic E-state index is -4.63. The standard InChI is InChI=1S/C14H12ClF3N4O3S/c1-25-9-3-2-7(15)6-8(9)19-10(23)4-5-11(24)20-13-22-21-12(26-13)14(16,17)18/h2-3,6H,4-5H2,1H3,(H,19,23)(H,20,22,24). The van der Waals surface area contributed by atoms with Crippen LogP contribution < -0.4 is 15.4 Å². The molecular weight excluding hydrogens is 397 g/mol. The average Bonchev–Trinajstić information content (AvgIpc) is 3.02. The second-order valence-corrected chi connectivity index (χ2v) is 6.27. The zero-order chi connectivity index (χ0) is 19.3. The van der Waals surface area contributed by atoms with Gasteiger partial charge in [-0.3, -0.25) is 9.59 Å². The number of rotatable bonds is 6. The third-order valence-corrected chi connectivity index (χ3v) is 4.05. The first-order valence-corrected chi connectivity index (χ1v) is 8.22. The van der Waals surface area contributed by atoms with Crippen LogP contribution in [0.4, 0.5) is 24.0 Å². The van der Waals surface area contributed by atoms with Crippen LogP contribution in [0.5, 0.6) is 5.75 Å². The molecule has 2 aromatic rings. The molecule has 0 unspecified atom stereocenters. The molecule has 1 heterocycles. The summed E-state index contributed by atoms with van der Waals surface area (Å²) in [7, 11) is 1.42. The Labute approximate surface area is 154 Å². The summed E-state index contributed by atoms with van der Waals surface area (Å²) in [5.41, 5.74) is 0.337. The van der Waals surface area contributed by atoms with Crippen LogP contribution in [0.2, 0.25) is 5.02 Å². The van der Waals surface area contributed by atoms with Crippen molar-refractivity contribution in [3.63, 3.8) is 0 Å². The van der Waals surface area contributed by atoms with Crippen molar-refractivity contribution in [1.29, 1.82) is 0 Å². The van der Waals surface area contributed by atoms with Crippen LogP contribution in [-0.2, 0) is 15.8 Å². The molecule has 0 bridgehead atoms. The number of aromatic nitrogens is 2. The van der Waals surface area contributed by atoms with Crippen molar-refractivity contribution >= 4 is 45.6 Å². The molecule has 140 valence electrons. The lowest BCUT2D eigenvalue weighted by Crippen LogP contribution is -2.17. The van der Waals surface area contributed by atoms with Crippen LogP contribution >= 0.6 is 22.9 Å². The number of carbonyl (C=O) groups excluding carboxylic acids is 2. The number of halogens is 4. The quantitative estimate of drug-likeness (QED) is 0.762. The highest BCUT2D eigenvalue weighted by atomic mass is 35.5. The average molecular weight is 409 g/mol. The van der Waals surface area contributed by atoms with Crippen molar-refractivity contribution < 1.29 is 27.5 Å². The van der Waals surface area contributed by atoms with E-state index in [4.69, 9.17) is 16.3 Å². The molecular formula is C14H12ClF3N4O3S. The molecule has 0 saturated heterocycles. The van der Waals surface area contributed by atoms with Gasteiger partial charge in [0.2, 0.25) is 22.0 Å². The van der Waals surface area contributed by atoms with Gasteiger partial charge in [0.1, 0.15) is 5.75 Å². The molecule has 0 saturated carbocycles. The van der Waals surface area contributed by atoms with Crippen LogP contribution in [0.3, 0.4) is 0 Å². The molecule has 0 radical (unpaired) electrons. The van der Waals surface area contributed by atoms with E-state index in [1.165, 1.54) is 13.2 Å². The van der Waals surface area contributed by atoms with Gasteiger partial charge in [-0.2, -0.15) is 13.2 Å². The molecule has 0 aliphatic rings. The fourth-order valence-corrected chi connectivity index (χ4v) is 2.59. The van der Waals surface area contributed by atoms with Gasteiger partial charge >= 0.3 is 6.18 Å². The van der Waals surface area contributed by atoms with E-state index in [2.05, 4.69) is 20.8 Å². The van der Waals surface area contributed by atoms with E-state index in [1.807, 2.05) is 0 Å². The van der Waals surface area contributed by atoms with E-state index in [9.17, 15) is 22.8 Å². The van der Waals surface area contributed by atoms with E-state index in [-0.39, 0.29) is 29.3 Å². The molecule has 0 aliphatic heterocycles. The third kappa shape index (κ3) is 5.56.